The van der Waals surface area contributed by atoms with Crippen molar-refractivity contribution < 1.29 is 4.52 Å². The van der Waals surface area contributed by atoms with Gasteiger partial charge in [-0.2, -0.15) is 4.98 Å². The highest BCUT2D eigenvalue weighted by atomic mass is 16.5. The Kier molecular flexibility index (Phi) is 3.79. The van der Waals surface area contributed by atoms with Crippen LogP contribution in [-0.2, 0) is 12.1 Å². The van der Waals surface area contributed by atoms with E-state index >= 15 is 0 Å². The summed E-state index contributed by atoms with van der Waals surface area (Å²) in [5.74, 6) is 1.54. The third kappa shape index (κ3) is 2.66. The van der Waals surface area contributed by atoms with Crippen LogP contribution in [0.25, 0.3) is 0 Å². The number of aromatic nitrogens is 2. The molecule has 96 valence electrons. The van der Waals surface area contributed by atoms with Crippen molar-refractivity contribution in [1.29, 1.82) is 0 Å². The highest BCUT2D eigenvalue weighted by Gasteiger charge is 2.39. The molecule has 0 radical (unpaired) electrons. The van der Waals surface area contributed by atoms with Crippen molar-refractivity contribution >= 4 is 0 Å². The van der Waals surface area contributed by atoms with E-state index in [1.807, 2.05) is 19.0 Å². The Bertz CT molecular complexity index is 355. The molecule has 5 heteroatoms. The van der Waals surface area contributed by atoms with E-state index in [1.165, 1.54) is 6.42 Å². The molecule has 1 aliphatic heterocycles. The van der Waals surface area contributed by atoms with Crippen LogP contribution in [0, 0.1) is 0 Å². The first kappa shape index (κ1) is 12.5. The van der Waals surface area contributed by atoms with Crippen LogP contribution >= 0.6 is 0 Å². The highest BCUT2D eigenvalue weighted by molar-refractivity contribution is 5.06. The standard InChI is InChI=1S/C12H22N4O/c1-4-6-12(7-5-8-13-12)11-14-10(15-17-11)9-16(2)3/h13H,4-9H2,1-3H3. The minimum atomic E-state index is -0.0632. The Morgan fingerprint density at radius 2 is 2.29 bits per heavy atom. The highest BCUT2D eigenvalue weighted by Crippen LogP contribution is 2.34. The van der Waals surface area contributed by atoms with Gasteiger partial charge in [0.05, 0.1) is 12.1 Å². The molecule has 0 saturated carbocycles. The number of rotatable bonds is 5. The van der Waals surface area contributed by atoms with E-state index in [4.69, 9.17) is 4.52 Å². The average molecular weight is 238 g/mol. The summed E-state index contributed by atoms with van der Waals surface area (Å²) in [6.07, 6.45) is 4.48. The van der Waals surface area contributed by atoms with Gasteiger partial charge >= 0.3 is 0 Å². The van der Waals surface area contributed by atoms with Crippen LogP contribution in [-0.4, -0.2) is 35.7 Å². The lowest BCUT2D eigenvalue weighted by atomic mass is 9.92. The minimum Gasteiger partial charge on any atom is -0.337 e. The smallest absolute Gasteiger partial charge is 0.246 e. The van der Waals surface area contributed by atoms with E-state index in [2.05, 4.69) is 22.4 Å². The molecule has 1 unspecified atom stereocenters. The number of nitrogens with zero attached hydrogens (tertiary/aromatic N) is 3. The van der Waals surface area contributed by atoms with Gasteiger partial charge in [-0.25, -0.2) is 0 Å². The van der Waals surface area contributed by atoms with E-state index in [1.54, 1.807) is 0 Å². The molecule has 1 atom stereocenters. The van der Waals surface area contributed by atoms with Crippen LogP contribution in [0.15, 0.2) is 4.52 Å². The van der Waals surface area contributed by atoms with Crippen LogP contribution in [0.3, 0.4) is 0 Å². The predicted molar refractivity (Wildman–Crippen MR) is 65.5 cm³/mol. The second kappa shape index (κ2) is 5.14. The number of nitrogens with one attached hydrogen (secondary N) is 1. The van der Waals surface area contributed by atoms with E-state index in [9.17, 15) is 0 Å². The topological polar surface area (TPSA) is 54.2 Å². The summed E-state index contributed by atoms with van der Waals surface area (Å²) in [7, 11) is 4.01. The molecule has 1 N–H and O–H groups in total. The van der Waals surface area contributed by atoms with Crippen molar-refractivity contribution in [3.8, 4) is 0 Å². The lowest BCUT2D eigenvalue weighted by Gasteiger charge is -2.24. The van der Waals surface area contributed by atoms with Gasteiger partial charge in [0.2, 0.25) is 5.89 Å². The zero-order chi connectivity index (χ0) is 12.3. The number of hydrogen-bond acceptors (Lipinski definition) is 5. The summed E-state index contributed by atoms with van der Waals surface area (Å²) in [5, 5.41) is 7.60. The molecular formula is C12H22N4O. The van der Waals surface area contributed by atoms with Crippen LogP contribution in [0.5, 0.6) is 0 Å². The lowest BCUT2D eigenvalue weighted by Crippen LogP contribution is -2.37. The fraction of sp³-hybridized carbons (Fsp3) is 0.833. The van der Waals surface area contributed by atoms with Gasteiger partial charge < -0.3 is 14.7 Å². The molecule has 1 aliphatic rings. The van der Waals surface area contributed by atoms with Gasteiger partial charge in [0.1, 0.15) is 0 Å². The molecule has 2 rings (SSSR count). The monoisotopic (exact) mass is 238 g/mol. The average Bonchev–Trinajstić information content (AvgIpc) is 2.87. The zero-order valence-electron chi connectivity index (χ0n) is 11.0. The molecule has 2 heterocycles. The number of hydrogen-bond donors (Lipinski definition) is 1. The summed E-state index contributed by atoms with van der Waals surface area (Å²) in [6, 6.07) is 0. The second-order valence-corrected chi connectivity index (χ2v) is 5.12. The van der Waals surface area contributed by atoms with Crippen molar-refractivity contribution in [2.45, 2.75) is 44.7 Å². The second-order valence-electron chi connectivity index (χ2n) is 5.12. The molecule has 1 fully saturated rings. The van der Waals surface area contributed by atoms with Crippen molar-refractivity contribution in [3.05, 3.63) is 11.7 Å². The van der Waals surface area contributed by atoms with Gasteiger partial charge in [0, 0.05) is 0 Å². The Morgan fingerprint density at radius 3 is 2.88 bits per heavy atom. The van der Waals surface area contributed by atoms with E-state index in [0.717, 1.165) is 44.1 Å². The quantitative estimate of drug-likeness (QED) is 0.842. The van der Waals surface area contributed by atoms with Crippen molar-refractivity contribution in [2.24, 2.45) is 0 Å². The summed E-state index contributed by atoms with van der Waals surface area (Å²) >= 11 is 0. The SMILES string of the molecule is CCCC1(c2nc(CN(C)C)no2)CCCN1. The predicted octanol–water partition coefficient (Wildman–Crippen LogP) is 1.51. The third-order valence-corrected chi connectivity index (χ3v) is 3.26. The molecule has 0 spiro atoms. The van der Waals surface area contributed by atoms with Gasteiger partial charge in [-0.05, 0) is 39.9 Å². The normalized spacial score (nSPS) is 24.7. The van der Waals surface area contributed by atoms with Gasteiger partial charge in [-0.1, -0.05) is 18.5 Å². The Balaban J connectivity index is 2.16. The van der Waals surface area contributed by atoms with E-state index in [0.29, 0.717) is 0 Å². The Hall–Kier alpha value is -0.940. The summed E-state index contributed by atoms with van der Waals surface area (Å²) in [6.45, 7) is 3.97. The van der Waals surface area contributed by atoms with Gasteiger partial charge in [0.25, 0.3) is 0 Å². The molecule has 0 bridgehead atoms. The molecule has 0 amide bonds. The fourth-order valence-corrected chi connectivity index (χ4v) is 2.53. The third-order valence-electron chi connectivity index (χ3n) is 3.26. The van der Waals surface area contributed by atoms with Crippen LogP contribution in [0.1, 0.15) is 44.3 Å². The first-order chi connectivity index (χ1) is 8.16. The first-order valence-corrected chi connectivity index (χ1v) is 6.39. The summed E-state index contributed by atoms with van der Waals surface area (Å²) in [4.78, 5) is 6.59. The van der Waals surface area contributed by atoms with E-state index < -0.39 is 0 Å². The van der Waals surface area contributed by atoms with Crippen LogP contribution < -0.4 is 5.32 Å². The molecule has 1 aromatic heterocycles. The maximum Gasteiger partial charge on any atom is 0.246 e. The van der Waals surface area contributed by atoms with Crippen molar-refractivity contribution in [2.75, 3.05) is 20.6 Å². The fourth-order valence-electron chi connectivity index (χ4n) is 2.53. The first-order valence-electron chi connectivity index (χ1n) is 6.39. The molecule has 1 aromatic rings. The van der Waals surface area contributed by atoms with Crippen molar-refractivity contribution in [1.82, 2.24) is 20.4 Å². The molecular weight excluding hydrogens is 216 g/mol. The largest absolute Gasteiger partial charge is 0.337 e. The summed E-state index contributed by atoms with van der Waals surface area (Å²) in [5.41, 5.74) is -0.0632. The zero-order valence-corrected chi connectivity index (χ0v) is 11.0. The van der Waals surface area contributed by atoms with Gasteiger partial charge in [-0.15, -0.1) is 0 Å². The summed E-state index contributed by atoms with van der Waals surface area (Å²) < 4.78 is 5.46. The molecule has 0 aromatic carbocycles. The molecule has 0 aliphatic carbocycles. The van der Waals surface area contributed by atoms with Crippen LogP contribution in [0.2, 0.25) is 0 Å². The molecule has 1 saturated heterocycles. The molecule has 17 heavy (non-hydrogen) atoms. The Labute approximate surface area is 103 Å². The van der Waals surface area contributed by atoms with Gasteiger partial charge in [0.15, 0.2) is 5.82 Å². The Morgan fingerprint density at radius 1 is 1.47 bits per heavy atom. The lowest BCUT2D eigenvalue weighted by molar-refractivity contribution is 0.240. The maximum atomic E-state index is 5.46. The van der Waals surface area contributed by atoms with Crippen molar-refractivity contribution in [3.63, 3.8) is 0 Å². The minimum absolute atomic E-state index is 0.0632. The maximum absolute atomic E-state index is 5.46. The molecule has 5 nitrogen and oxygen atoms in total. The van der Waals surface area contributed by atoms with Gasteiger partial charge in [-0.3, -0.25) is 0 Å². The van der Waals surface area contributed by atoms with E-state index in [-0.39, 0.29) is 5.54 Å². The van der Waals surface area contributed by atoms with Crippen LogP contribution in [0.4, 0.5) is 0 Å².